The minimum atomic E-state index is -1.23. The number of rotatable bonds is 8. The Morgan fingerprint density at radius 1 is 1.15 bits per heavy atom. The summed E-state index contributed by atoms with van der Waals surface area (Å²) in [6, 6.07) is 11.9. The molecule has 0 aliphatic rings. The topological polar surface area (TPSA) is 75.6 Å². The summed E-state index contributed by atoms with van der Waals surface area (Å²) in [6.45, 7) is 2.68. The number of aliphatic carboxylic acids is 1. The van der Waals surface area contributed by atoms with Crippen molar-refractivity contribution in [1.82, 2.24) is 5.32 Å². The van der Waals surface area contributed by atoms with Crippen molar-refractivity contribution < 1.29 is 19.4 Å². The van der Waals surface area contributed by atoms with Crippen molar-refractivity contribution in [2.45, 2.75) is 19.8 Å². The molecule has 0 aliphatic carbocycles. The maximum absolute atomic E-state index is 12.2. The predicted molar refractivity (Wildman–Crippen MR) is 112 cm³/mol. The average molecular weight is 497 g/mol. The zero-order valence-electron chi connectivity index (χ0n) is 14.7. The van der Waals surface area contributed by atoms with Gasteiger partial charge in [-0.15, -0.1) is 0 Å². The van der Waals surface area contributed by atoms with Crippen LogP contribution >= 0.6 is 31.9 Å². The maximum Gasteiger partial charge on any atom is 0.352 e. The second-order valence-electron chi connectivity index (χ2n) is 5.70. The van der Waals surface area contributed by atoms with Crippen molar-refractivity contribution in [2.24, 2.45) is 0 Å². The molecule has 2 rings (SSSR count). The van der Waals surface area contributed by atoms with Gasteiger partial charge in [-0.05, 0) is 74.2 Å². The zero-order chi connectivity index (χ0) is 19.8. The summed E-state index contributed by atoms with van der Waals surface area (Å²) in [5, 5.41) is 11.9. The first-order valence-corrected chi connectivity index (χ1v) is 9.94. The van der Waals surface area contributed by atoms with Gasteiger partial charge in [-0.2, -0.15) is 0 Å². The van der Waals surface area contributed by atoms with Crippen LogP contribution < -0.4 is 10.1 Å². The summed E-state index contributed by atoms with van der Waals surface area (Å²) in [4.78, 5) is 23.8. The second-order valence-corrected chi connectivity index (χ2v) is 7.41. The largest absolute Gasteiger partial charge is 0.491 e. The molecule has 0 saturated carbocycles. The number of carbonyl (C=O) groups excluding carboxylic acids is 1. The Morgan fingerprint density at radius 2 is 1.78 bits per heavy atom. The number of halogens is 2. The molecule has 142 valence electrons. The van der Waals surface area contributed by atoms with Crippen LogP contribution in [0, 0.1) is 0 Å². The number of hydrogen-bond acceptors (Lipinski definition) is 3. The van der Waals surface area contributed by atoms with E-state index < -0.39 is 11.9 Å². The molecule has 0 heterocycles. The molecule has 5 nitrogen and oxygen atoms in total. The predicted octanol–water partition coefficient (Wildman–Crippen LogP) is 5.25. The number of nitrogens with one attached hydrogen (secondary N) is 1. The Bertz CT molecular complexity index is 827. The van der Waals surface area contributed by atoms with Crippen molar-refractivity contribution in [3.63, 3.8) is 0 Å². The van der Waals surface area contributed by atoms with E-state index in [9.17, 15) is 14.7 Å². The highest BCUT2D eigenvalue weighted by molar-refractivity contribution is 9.11. The fourth-order valence-electron chi connectivity index (χ4n) is 2.22. The molecule has 0 bridgehead atoms. The van der Waals surface area contributed by atoms with Crippen LogP contribution in [0.4, 0.5) is 0 Å². The molecule has 0 unspecified atom stereocenters. The molecule has 0 spiro atoms. The quantitative estimate of drug-likeness (QED) is 0.386. The molecule has 2 N–H and O–H groups in total. The molecule has 7 heteroatoms. The molecule has 2 aromatic rings. The lowest BCUT2D eigenvalue weighted by molar-refractivity contribution is -0.132. The van der Waals surface area contributed by atoms with Crippen molar-refractivity contribution in [2.75, 3.05) is 6.61 Å². The first-order valence-electron chi connectivity index (χ1n) is 8.35. The van der Waals surface area contributed by atoms with E-state index in [1.54, 1.807) is 42.5 Å². The van der Waals surface area contributed by atoms with E-state index in [2.05, 4.69) is 44.1 Å². The van der Waals surface area contributed by atoms with E-state index >= 15 is 0 Å². The third kappa shape index (κ3) is 6.22. The van der Waals surface area contributed by atoms with Crippen LogP contribution in [0.2, 0.25) is 0 Å². The summed E-state index contributed by atoms with van der Waals surface area (Å²) in [6.07, 6.45) is 3.36. The van der Waals surface area contributed by atoms with Crippen molar-refractivity contribution >= 4 is 49.8 Å². The molecule has 27 heavy (non-hydrogen) atoms. The van der Waals surface area contributed by atoms with Gasteiger partial charge in [0.1, 0.15) is 11.4 Å². The maximum atomic E-state index is 12.2. The number of carboxylic acid groups (broad SMARTS) is 1. The molecule has 0 aromatic heterocycles. The van der Waals surface area contributed by atoms with Gasteiger partial charge in [-0.1, -0.05) is 31.5 Å². The Balaban J connectivity index is 2.24. The third-order valence-corrected chi connectivity index (χ3v) is 4.77. The van der Waals surface area contributed by atoms with Crippen LogP contribution in [0.25, 0.3) is 6.08 Å². The molecular formula is C20H19Br2NO4. The van der Waals surface area contributed by atoms with Gasteiger partial charge in [-0.25, -0.2) is 4.79 Å². The lowest BCUT2D eigenvalue weighted by Gasteiger charge is -2.11. The Hall–Kier alpha value is -2.12. The first-order chi connectivity index (χ1) is 12.9. The SMILES string of the molecule is CCCCOc1c(Br)cc(/C=C(/NC(=O)c2ccccc2)C(=O)O)cc1Br. The molecule has 1 amide bonds. The number of carbonyl (C=O) groups is 2. The van der Waals surface area contributed by atoms with Crippen LogP contribution in [0.15, 0.2) is 57.1 Å². The highest BCUT2D eigenvalue weighted by Crippen LogP contribution is 2.35. The van der Waals surface area contributed by atoms with Gasteiger partial charge in [0.2, 0.25) is 0 Å². The molecule has 0 fully saturated rings. The molecule has 0 atom stereocenters. The monoisotopic (exact) mass is 495 g/mol. The summed E-state index contributed by atoms with van der Waals surface area (Å²) >= 11 is 6.89. The van der Waals surface area contributed by atoms with Gasteiger partial charge >= 0.3 is 5.97 Å². The fourth-order valence-corrected chi connectivity index (χ4v) is 3.67. The number of benzene rings is 2. The molecule has 2 aromatic carbocycles. The Morgan fingerprint density at radius 3 is 2.33 bits per heavy atom. The van der Waals surface area contributed by atoms with Gasteiger partial charge in [0, 0.05) is 5.56 Å². The summed E-state index contributed by atoms with van der Waals surface area (Å²) in [5.74, 6) is -1.05. The second kappa shape index (κ2) is 10.3. The fraction of sp³-hybridized carbons (Fsp3) is 0.200. The summed E-state index contributed by atoms with van der Waals surface area (Å²) in [7, 11) is 0. The van der Waals surface area contributed by atoms with Crippen LogP contribution in [-0.4, -0.2) is 23.6 Å². The lowest BCUT2D eigenvalue weighted by atomic mass is 10.1. The van der Waals surface area contributed by atoms with Gasteiger partial charge in [0.25, 0.3) is 5.91 Å². The highest BCUT2D eigenvalue weighted by Gasteiger charge is 2.15. The molecule has 0 aliphatic heterocycles. The van der Waals surface area contributed by atoms with Gasteiger partial charge in [0.05, 0.1) is 15.6 Å². The third-order valence-electron chi connectivity index (χ3n) is 3.59. The van der Waals surface area contributed by atoms with Crippen LogP contribution in [0.1, 0.15) is 35.7 Å². The molecular weight excluding hydrogens is 478 g/mol. The van der Waals surface area contributed by atoms with E-state index in [1.807, 2.05) is 0 Å². The highest BCUT2D eigenvalue weighted by atomic mass is 79.9. The first kappa shape index (κ1) is 21.2. The average Bonchev–Trinajstić information content (AvgIpc) is 2.64. The van der Waals surface area contributed by atoms with E-state index in [0.29, 0.717) is 32.4 Å². The number of hydrogen-bond donors (Lipinski definition) is 2. The zero-order valence-corrected chi connectivity index (χ0v) is 17.8. The van der Waals surface area contributed by atoms with Crippen molar-refractivity contribution in [1.29, 1.82) is 0 Å². The lowest BCUT2D eigenvalue weighted by Crippen LogP contribution is -2.27. The number of amides is 1. The van der Waals surface area contributed by atoms with Crippen LogP contribution in [0.3, 0.4) is 0 Å². The van der Waals surface area contributed by atoms with E-state index in [0.717, 1.165) is 12.8 Å². The van der Waals surface area contributed by atoms with E-state index in [-0.39, 0.29) is 5.70 Å². The standard InChI is InChI=1S/C20H19Br2NO4/c1-2-3-9-27-18-15(21)10-13(11-16(18)22)12-17(20(25)26)23-19(24)14-7-5-4-6-8-14/h4-8,10-12H,2-3,9H2,1H3,(H,23,24)(H,25,26)/b17-12+. The number of unbranched alkanes of at least 4 members (excludes halogenated alkanes) is 1. The number of carboxylic acids is 1. The van der Waals surface area contributed by atoms with E-state index in [4.69, 9.17) is 4.74 Å². The van der Waals surface area contributed by atoms with Gasteiger partial charge in [-0.3, -0.25) is 4.79 Å². The van der Waals surface area contributed by atoms with E-state index in [1.165, 1.54) is 6.08 Å². The van der Waals surface area contributed by atoms with Crippen LogP contribution in [0.5, 0.6) is 5.75 Å². The molecule has 0 saturated heterocycles. The van der Waals surface area contributed by atoms with Gasteiger partial charge < -0.3 is 15.2 Å². The smallest absolute Gasteiger partial charge is 0.352 e. The van der Waals surface area contributed by atoms with Crippen molar-refractivity contribution in [3.05, 3.63) is 68.2 Å². The van der Waals surface area contributed by atoms with Crippen LogP contribution in [-0.2, 0) is 4.79 Å². The Kier molecular flexibility index (Phi) is 8.06. The van der Waals surface area contributed by atoms with Gasteiger partial charge in [0.15, 0.2) is 0 Å². The minimum Gasteiger partial charge on any atom is -0.491 e. The Labute approximate surface area is 174 Å². The molecule has 0 radical (unpaired) electrons. The summed E-state index contributed by atoms with van der Waals surface area (Å²) < 4.78 is 7.12. The number of ether oxygens (including phenoxy) is 1. The van der Waals surface area contributed by atoms with Crippen molar-refractivity contribution in [3.8, 4) is 5.75 Å². The summed E-state index contributed by atoms with van der Waals surface area (Å²) in [5.41, 5.74) is 0.761. The normalized spacial score (nSPS) is 11.1. The minimum absolute atomic E-state index is 0.220.